The van der Waals surface area contributed by atoms with E-state index in [4.69, 9.17) is 9.73 Å². The number of hydrogen-bond donors (Lipinski definition) is 2. The fraction of sp³-hybridized carbons (Fsp3) is 0.440. The van der Waals surface area contributed by atoms with E-state index in [0.717, 1.165) is 44.1 Å². The monoisotopic (exact) mass is 550 g/mol. The van der Waals surface area contributed by atoms with Crippen LogP contribution >= 0.6 is 24.0 Å². The molecule has 174 valence electrons. The van der Waals surface area contributed by atoms with Gasteiger partial charge >= 0.3 is 0 Å². The van der Waals surface area contributed by atoms with E-state index in [2.05, 4.69) is 41.8 Å². The molecule has 7 heteroatoms. The predicted molar refractivity (Wildman–Crippen MR) is 141 cm³/mol. The molecule has 3 rings (SSSR count). The SMILES string of the molecule is CCNC(=NCc1ccc(C(=O)N(C)C)cc1)NCC1CCCOC1c1ccccc1.I. The largest absolute Gasteiger partial charge is 0.373 e. The Kier molecular flexibility index (Phi) is 11.0. The lowest BCUT2D eigenvalue weighted by Gasteiger charge is -2.32. The van der Waals surface area contributed by atoms with Gasteiger partial charge in [-0.25, -0.2) is 4.99 Å². The van der Waals surface area contributed by atoms with Gasteiger partial charge in [0.1, 0.15) is 0 Å². The number of halogens is 1. The molecule has 32 heavy (non-hydrogen) atoms. The lowest BCUT2D eigenvalue weighted by Crippen LogP contribution is -2.42. The molecule has 1 amide bonds. The number of carbonyl (C=O) groups is 1. The molecule has 1 aliphatic heterocycles. The topological polar surface area (TPSA) is 66.0 Å². The quantitative estimate of drug-likeness (QED) is 0.308. The Morgan fingerprint density at radius 1 is 1.09 bits per heavy atom. The molecule has 1 saturated heterocycles. The Bertz CT molecular complexity index is 856. The highest BCUT2D eigenvalue weighted by Crippen LogP contribution is 2.33. The van der Waals surface area contributed by atoms with Crippen LogP contribution in [0, 0.1) is 5.92 Å². The molecule has 2 aromatic rings. The third-order valence-electron chi connectivity index (χ3n) is 5.48. The smallest absolute Gasteiger partial charge is 0.253 e. The normalized spacial score (nSPS) is 18.4. The van der Waals surface area contributed by atoms with Crippen LogP contribution in [0.3, 0.4) is 0 Å². The highest BCUT2D eigenvalue weighted by atomic mass is 127. The number of guanidine groups is 1. The number of nitrogens with zero attached hydrogens (tertiary/aromatic N) is 2. The first-order valence-electron chi connectivity index (χ1n) is 11.1. The summed E-state index contributed by atoms with van der Waals surface area (Å²) < 4.78 is 6.11. The van der Waals surface area contributed by atoms with Crippen LogP contribution in [-0.4, -0.2) is 50.6 Å². The van der Waals surface area contributed by atoms with Crippen molar-refractivity contribution in [2.24, 2.45) is 10.9 Å². The van der Waals surface area contributed by atoms with Crippen LogP contribution in [-0.2, 0) is 11.3 Å². The maximum atomic E-state index is 12.0. The van der Waals surface area contributed by atoms with Crippen molar-refractivity contribution in [2.45, 2.75) is 32.4 Å². The van der Waals surface area contributed by atoms with Crippen molar-refractivity contribution in [3.63, 3.8) is 0 Å². The maximum Gasteiger partial charge on any atom is 0.253 e. The van der Waals surface area contributed by atoms with Gasteiger partial charge in [-0.05, 0) is 43.0 Å². The van der Waals surface area contributed by atoms with Gasteiger partial charge in [-0.3, -0.25) is 4.79 Å². The number of rotatable bonds is 7. The molecule has 2 aromatic carbocycles. The van der Waals surface area contributed by atoms with Crippen LogP contribution in [0.5, 0.6) is 0 Å². The number of aliphatic imine (C=N–C) groups is 1. The zero-order valence-corrected chi connectivity index (χ0v) is 21.5. The van der Waals surface area contributed by atoms with Crippen LogP contribution in [0.1, 0.15) is 47.4 Å². The minimum atomic E-state index is 0. The Morgan fingerprint density at radius 3 is 2.47 bits per heavy atom. The minimum Gasteiger partial charge on any atom is -0.373 e. The number of carbonyl (C=O) groups excluding carboxylic acids is 1. The first kappa shape index (κ1) is 26.1. The first-order chi connectivity index (χ1) is 15.1. The lowest BCUT2D eigenvalue weighted by molar-refractivity contribution is -0.0265. The molecule has 2 N–H and O–H groups in total. The molecular formula is C25H35IN4O2. The molecule has 2 atom stereocenters. The van der Waals surface area contributed by atoms with E-state index in [9.17, 15) is 4.79 Å². The minimum absolute atomic E-state index is 0. The van der Waals surface area contributed by atoms with Crippen molar-refractivity contribution in [1.82, 2.24) is 15.5 Å². The van der Waals surface area contributed by atoms with Gasteiger partial charge in [0.25, 0.3) is 5.91 Å². The van der Waals surface area contributed by atoms with Crippen molar-refractivity contribution in [3.05, 3.63) is 71.3 Å². The van der Waals surface area contributed by atoms with Crippen LogP contribution in [0.2, 0.25) is 0 Å². The van der Waals surface area contributed by atoms with Gasteiger partial charge in [-0.2, -0.15) is 0 Å². The van der Waals surface area contributed by atoms with E-state index in [-0.39, 0.29) is 36.0 Å². The molecule has 0 radical (unpaired) electrons. The standard InChI is InChI=1S/C25H34N4O2.HI/c1-4-26-25(27-17-19-12-14-21(15-13-19)24(30)29(2)3)28-18-22-11-8-16-31-23(22)20-9-6-5-7-10-20;/h5-7,9-10,12-15,22-23H,4,8,11,16-18H2,1-3H3,(H2,26,27,28);1H. The van der Waals surface area contributed by atoms with Gasteiger partial charge < -0.3 is 20.3 Å². The van der Waals surface area contributed by atoms with E-state index in [0.29, 0.717) is 18.0 Å². The fourth-order valence-corrected chi connectivity index (χ4v) is 3.81. The van der Waals surface area contributed by atoms with Gasteiger partial charge in [0, 0.05) is 45.3 Å². The van der Waals surface area contributed by atoms with Crippen molar-refractivity contribution < 1.29 is 9.53 Å². The van der Waals surface area contributed by atoms with Crippen LogP contribution in [0.15, 0.2) is 59.6 Å². The summed E-state index contributed by atoms with van der Waals surface area (Å²) in [4.78, 5) is 18.4. The molecule has 1 aliphatic rings. The summed E-state index contributed by atoms with van der Waals surface area (Å²) in [5.74, 6) is 1.21. The Hall–Kier alpha value is -2.13. The van der Waals surface area contributed by atoms with Crippen molar-refractivity contribution in [1.29, 1.82) is 0 Å². The number of nitrogens with one attached hydrogen (secondary N) is 2. The second-order valence-electron chi connectivity index (χ2n) is 8.08. The average Bonchev–Trinajstić information content (AvgIpc) is 2.81. The second kappa shape index (κ2) is 13.4. The number of amides is 1. The Balaban J connectivity index is 0.00000363. The van der Waals surface area contributed by atoms with Gasteiger partial charge in [0.05, 0.1) is 12.6 Å². The van der Waals surface area contributed by atoms with Gasteiger partial charge in [-0.1, -0.05) is 42.5 Å². The molecule has 1 fully saturated rings. The summed E-state index contributed by atoms with van der Waals surface area (Å²) in [6.45, 7) is 5.04. The molecule has 0 aliphatic carbocycles. The Labute approximate surface area is 208 Å². The maximum absolute atomic E-state index is 12.0. The average molecular weight is 550 g/mol. The van der Waals surface area contributed by atoms with Gasteiger partial charge in [0.15, 0.2) is 5.96 Å². The zero-order valence-electron chi connectivity index (χ0n) is 19.2. The van der Waals surface area contributed by atoms with Crippen LogP contribution in [0.25, 0.3) is 0 Å². The number of hydrogen-bond acceptors (Lipinski definition) is 3. The van der Waals surface area contributed by atoms with Gasteiger partial charge in [-0.15, -0.1) is 24.0 Å². The number of ether oxygens (including phenoxy) is 1. The van der Waals surface area contributed by atoms with Gasteiger partial charge in [0.2, 0.25) is 0 Å². The third kappa shape index (κ3) is 7.48. The summed E-state index contributed by atoms with van der Waals surface area (Å²) in [5, 5.41) is 6.83. The second-order valence-corrected chi connectivity index (χ2v) is 8.08. The summed E-state index contributed by atoms with van der Waals surface area (Å²) in [6, 6.07) is 18.1. The summed E-state index contributed by atoms with van der Waals surface area (Å²) in [6.07, 6.45) is 2.33. The zero-order chi connectivity index (χ0) is 22.1. The molecule has 0 saturated carbocycles. The van der Waals surface area contributed by atoms with E-state index in [1.807, 2.05) is 30.3 Å². The van der Waals surface area contributed by atoms with Crippen molar-refractivity contribution >= 4 is 35.8 Å². The highest BCUT2D eigenvalue weighted by Gasteiger charge is 2.27. The molecule has 0 aromatic heterocycles. The summed E-state index contributed by atoms with van der Waals surface area (Å²) in [7, 11) is 3.52. The third-order valence-corrected chi connectivity index (χ3v) is 5.48. The highest BCUT2D eigenvalue weighted by molar-refractivity contribution is 14.0. The molecule has 1 heterocycles. The van der Waals surface area contributed by atoms with E-state index >= 15 is 0 Å². The summed E-state index contributed by atoms with van der Waals surface area (Å²) in [5.41, 5.74) is 2.99. The molecule has 6 nitrogen and oxygen atoms in total. The van der Waals surface area contributed by atoms with Crippen LogP contribution < -0.4 is 10.6 Å². The molecule has 0 bridgehead atoms. The van der Waals surface area contributed by atoms with E-state index in [1.165, 1.54) is 5.56 Å². The van der Waals surface area contributed by atoms with Crippen molar-refractivity contribution in [2.75, 3.05) is 33.8 Å². The number of benzene rings is 2. The van der Waals surface area contributed by atoms with Crippen LogP contribution in [0.4, 0.5) is 0 Å². The lowest BCUT2D eigenvalue weighted by atomic mass is 9.89. The van der Waals surface area contributed by atoms with Crippen molar-refractivity contribution in [3.8, 4) is 0 Å². The molecule has 2 unspecified atom stereocenters. The van der Waals surface area contributed by atoms with E-state index in [1.54, 1.807) is 19.0 Å². The Morgan fingerprint density at radius 2 is 1.81 bits per heavy atom. The first-order valence-corrected chi connectivity index (χ1v) is 11.1. The molecule has 0 spiro atoms. The fourth-order valence-electron chi connectivity index (χ4n) is 3.81. The van der Waals surface area contributed by atoms with E-state index < -0.39 is 0 Å². The molecular weight excluding hydrogens is 515 g/mol. The summed E-state index contributed by atoms with van der Waals surface area (Å²) >= 11 is 0. The predicted octanol–water partition coefficient (Wildman–Crippen LogP) is 4.23.